The number of phosphoric ester groups is 1. The van der Waals surface area contributed by atoms with Crippen LogP contribution in [0.1, 0.15) is 123 Å². The van der Waals surface area contributed by atoms with Crippen molar-refractivity contribution >= 4 is 19.8 Å². The highest BCUT2D eigenvalue weighted by Crippen LogP contribution is 2.43. The van der Waals surface area contributed by atoms with E-state index in [2.05, 4.69) is 80.7 Å². The Bertz CT molecular complexity index is 1460. The average Bonchev–Trinajstić information content (AvgIpc) is 3.21. The van der Waals surface area contributed by atoms with E-state index in [1.54, 1.807) is 6.08 Å². The van der Waals surface area contributed by atoms with E-state index in [0.717, 1.165) is 44.9 Å². The molecule has 1 unspecified atom stereocenters. The summed E-state index contributed by atoms with van der Waals surface area (Å²) >= 11 is 0. The zero-order chi connectivity index (χ0) is 45.1. The number of carbonyl (C=O) groups is 2. The molecule has 0 saturated carbocycles. The second-order valence-corrected chi connectivity index (χ2v) is 17.0. The predicted molar refractivity (Wildman–Crippen MR) is 253 cm³/mol. The molecular weight excluding hydrogens is 790 g/mol. The van der Waals surface area contributed by atoms with Gasteiger partial charge in [-0.1, -0.05) is 148 Å². The second-order valence-electron chi connectivity index (χ2n) is 15.5. The Labute approximate surface area is 370 Å². The number of quaternary nitrogens is 1. The van der Waals surface area contributed by atoms with Gasteiger partial charge in [0.15, 0.2) is 6.10 Å². The van der Waals surface area contributed by atoms with E-state index >= 15 is 0 Å². The molecule has 0 aromatic rings. The highest BCUT2D eigenvalue weighted by molar-refractivity contribution is 7.47. The molecule has 0 fully saturated rings. The summed E-state index contributed by atoms with van der Waals surface area (Å²) in [6.07, 6.45) is 53.0. The fourth-order valence-corrected chi connectivity index (χ4v) is 5.80. The van der Waals surface area contributed by atoms with Crippen molar-refractivity contribution in [1.29, 1.82) is 0 Å². The van der Waals surface area contributed by atoms with Crippen molar-refractivity contribution in [2.45, 2.75) is 135 Å². The number of likely N-dealkylation sites (N-methyl/N-ethyl adjacent to an activating group) is 1. The first-order valence-electron chi connectivity index (χ1n) is 22.4. The van der Waals surface area contributed by atoms with Crippen molar-refractivity contribution in [3.63, 3.8) is 0 Å². The van der Waals surface area contributed by atoms with E-state index < -0.39 is 38.6 Å². The molecule has 2 N–H and O–H groups in total. The Morgan fingerprint density at radius 3 is 1.74 bits per heavy atom. The van der Waals surface area contributed by atoms with Crippen LogP contribution in [0.4, 0.5) is 0 Å². The van der Waals surface area contributed by atoms with Crippen LogP contribution in [0.15, 0.2) is 122 Å². The summed E-state index contributed by atoms with van der Waals surface area (Å²) in [7, 11) is 1.34. The minimum atomic E-state index is -4.43. The maximum absolute atomic E-state index is 12.7. The number of esters is 2. The topological polar surface area (TPSA) is 129 Å². The second kappa shape index (κ2) is 40.4. The number of nitrogens with zero attached hydrogens (tertiary/aromatic N) is 1. The first kappa shape index (κ1) is 57.4. The van der Waals surface area contributed by atoms with Gasteiger partial charge in [0.2, 0.25) is 0 Å². The molecule has 10 nitrogen and oxygen atoms in total. The van der Waals surface area contributed by atoms with Gasteiger partial charge in [-0.2, -0.15) is 0 Å². The first-order chi connectivity index (χ1) is 29.4. The Kier molecular flexibility index (Phi) is 38.0. The lowest BCUT2D eigenvalue weighted by atomic mass is 10.1. The number of aliphatic hydroxyl groups is 1. The number of unbranched alkanes of at least 4 members (excludes halogenated alkanes) is 4. The third-order valence-corrected chi connectivity index (χ3v) is 9.55. The summed E-state index contributed by atoms with van der Waals surface area (Å²) in [6, 6.07) is 0. The van der Waals surface area contributed by atoms with E-state index in [1.165, 1.54) is 19.3 Å². The molecule has 3 atom stereocenters. The van der Waals surface area contributed by atoms with Crippen LogP contribution in [0.2, 0.25) is 0 Å². The average molecular weight is 871 g/mol. The molecule has 344 valence electrons. The van der Waals surface area contributed by atoms with Gasteiger partial charge in [-0.25, -0.2) is 4.57 Å². The van der Waals surface area contributed by atoms with Gasteiger partial charge in [0.25, 0.3) is 0 Å². The van der Waals surface area contributed by atoms with Crippen LogP contribution >= 0.6 is 7.82 Å². The Morgan fingerprint density at radius 2 is 1.15 bits per heavy atom. The normalized spacial score (nSPS) is 15.2. The van der Waals surface area contributed by atoms with E-state index in [9.17, 15) is 24.2 Å². The van der Waals surface area contributed by atoms with Crippen LogP contribution in [0.3, 0.4) is 0 Å². The Morgan fingerprint density at radius 1 is 0.607 bits per heavy atom. The fraction of sp³-hybridized carbons (Fsp3) is 0.560. The van der Waals surface area contributed by atoms with E-state index in [1.807, 2.05) is 69.8 Å². The summed E-state index contributed by atoms with van der Waals surface area (Å²) in [5, 5.41) is 10.1. The molecule has 0 aliphatic rings. The van der Waals surface area contributed by atoms with Crippen molar-refractivity contribution in [2.24, 2.45) is 0 Å². The van der Waals surface area contributed by atoms with Crippen LogP contribution in [-0.2, 0) is 32.7 Å². The largest absolute Gasteiger partial charge is 0.472 e. The van der Waals surface area contributed by atoms with Crippen molar-refractivity contribution in [1.82, 2.24) is 0 Å². The van der Waals surface area contributed by atoms with Crippen LogP contribution in [0, 0.1) is 0 Å². The zero-order valence-electron chi connectivity index (χ0n) is 38.2. The molecule has 0 aliphatic carbocycles. The number of rotatable bonds is 38. The quantitative estimate of drug-likeness (QED) is 0.0156. The molecule has 0 bridgehead atoms. The van der Waals surface area contributed by atoms with Crippen molar-refractivity contribution in [3.05, 3.63) is 122 Å². The van der Waals surface area contributed by atoms with E-state index in [4.69, 9.17) is 18.5 Å². The van der Waals surface area contributed by atoms with Crippen LogP contribution in [-0.4, -0.2) is 86.1 Å². The lowest BCUT2D eigenvalue weighted by molar-refractivity contribution is -0.870. The molecule has 0 spiro atoms. The predicted octanol–water partition coefficient (Wildman–Crippen LogP) is 11.9. The zero-order valence-corrected chi connectivity index (χ0v) is 39.1. The number of allylic oxidation sites excluding steroid dienone is 18. The number of phosphoric acid groups is 1. The summed E-state index contributed by atoms with van der Waals surface area (Å²) in [4.78, 5) is 35.3. The molecule has 0 aromatic heterocycles. The molecule has 0 aliphatic heterocycles. The van der Waals surface area contributed by atoms with Crippen LogP contribution < -0.4 is 0 Å². The lowest BCUT2D eigenvalue weighted by Gasteiger charge is -2.24. The monoisotopic (exact) mass is 871 g/mol. The maximum atomic E-state index is 12.7. The molecule has 0 saturated heterocycles. The summed E-state index contributed by atoms with van der Waals surface area (Å²) < 4.78 is 34.1. The van der Waals surface area contributed by atoms with Gasteiger partial charge >= 0.3 is 19.8 Å². The minimum Gasteiger partial charge on any atom is -0.462 e. The molecule has 11 heteroatoms. The van der Waals surface area contributed by atoms with Crippen molar-refractivity contribution < 1.29 is 47.2 Å². The number of hydrogen-bond acceptors (Lipinski definition) is 8. The molecule has 0 radical (unpaired) electrons. The number of aliphatic hydroxyl groups excluding tert-OH is 1. The van der Waals surface area contributed by atoms with E-state index in [0.29, 0.717) is 43.1 Å². The third-order valence-electron chi connectivity index (χ3n) is 8.57. The highest BCUT2D eigenvalue weighted by atomic mass is 31.2. The lowest BCUT2D eigenvalue weighted by Crippen LogP contribution is -2.37. The van der Waals surface area contributed by atoms with Crippen molar-refractivity contribution in [2.75, 3.05) is 47.5 Å². The van der Waals surface area contributed by atoms with Crippen molar-refractivity contribution in [3.8, 4) is 0 Å². The molecule has 0 aromatic carbocycles. The molecule has 0 amide bonds. The van der Waals surface area contributed by atoms with Gasteiger partial charge in [0, 0.05) is 12.8 Å². The number of hydrogen-bond donors (Lipinski definition) is 2. The van der Waals surface area contributed by atoms with E-state index in [-0.39, 0.29) is 26.1 Å². The van der Waals surface area contributed by atoms with Gasteiger partial charge in [0.1, 0.15) is 19.8 Å². The van der Waals surface area contributed by atoms with Gasteiger partial charge in [-0.05, 0) is 83.5 Å². The van der Waals surface area contributed by atoms with Gasteiger partial charge in [-0.15, -0.1) is 0 Å². The summed E-state index contributed by atoms with van der Waals surface area (Å²) in [6.45, 7) is 4.00. The van der Waals surface area contributed by atoms with Gasteiger partial charge in [-0.3, -0.25) is 18.6 Å². The Hall–Kier alpha value is -3.63. The summed E-state index contributed by atoms with van der Waals surface area (Å²) in [5.74, 6) is -1.02. The smallest absolute Gasteiger partial charge is 0.462 e. The fourth-order valence-electron chi connectivity index (χ4n) is 5.06. The standard InChI is InChI=1S/C50H80NO9P/c1-6-8-10-12-14-15-16-17-18-19-20-21-22-23-24-25-29-33-37-41-49(53)57-45-48(46-59-61(55,56)58-44-43-51(3,4)5)60-50(54)42-38-34-30-27-26-28-32-36-40-47(52)39-35-31-13-11-9-7-2/h8,10,14-15,17-18,20-21,23-24,27-33,35-36,40,47-48,52H,6-7,9,11-13,16,19,22,25-26,34,37-39,41-46H2,1-5H3/p+1/b10-8-,15-14-,18-17-,21-20-,24-23-,30-27-,32-28-,33-29-,35-31-,40-36+/t47-,48+/m0/s1. The van der Waals surface area contributed by atoms with Crippen LogP contribution in [0.25, 0.3) is 0 Å². The highest BCUT2D eigenvalue weighted by Gasteiger charge is 2.27. The molecular formula is C50H81NO9P+. The number of ether oxygens (including phenoxy) is 2. The van der Waals surface area contributed by atoms with Gasteiger partial charge in [0.05, 0.1) is 33.9 Å². The number of carbonyl (C=O) groups excluding carboxylic acids is 2. The third kappa shape index (κ3) is 44.2. The maximum Gasteiger partial charge on any atom is 0.472 e. The SMILES string of the molecule is CC/C=C\C/C=C\C/C=C\C/C=C\C/C=C\C/C=C\CCC(=O)OC[C@H](COP(=O)(O)OCC[N+](C)(C)C)OC(=O)CCC/C=C\C/C=C\C=C\[C@@H](O)C/C=C\CCCCC. The minimum absolute atomic E-state index is 0.00836. The Balaban J connectivity index is 4.66. The van der Waals surface area contributed by atoms with Crippen LogP contribution in [0.5, 0.6) is 0 Å². The molecule has 0 heterocycles. The van der Waals surface area contributed by atoms with Gasteiger partial charge < -0.3 is 24.0 Å². The summed E-state index contributed by atoms with van der Waals surface area (Å²) in [5.41, 5.74) is 0. The molecule has 61 heavy (non-hydrogen) atoms. The molecule has 0 rings (SSSR count). The first-order valence-corrected chi connectivity index (χ1v) is 23.9.